The van der Waals surface area contributed by atoms with Gasteiger partial charge in [0.25, 0.3) is 0 Å². The Balaban J connectivity index is 2.30. The van der Waals surface area contributed by atoms with Crippen LogP contribution >= 0.6 is 27.7 Å². The van der Waals surface area contributed by atoms with Crippen molar-refractivity contribution in [1.82, 2.24) is 0 Å². The van der Waals surface area contributed by atoms with Gasteiger partial charge in [0.1, 0.15) is 11.6 Å². The van der Waals surface area contributed by atoms with Gasteiger partial charge in [-0.15, -0.1) is 11.8 Å². The average Bonchev–Trinajstić information content (AvgIpc) is 2.37. The third-order valence-electron chi connectivity index (χ3n) is 2.80. The van der Waals surface area contributed by atoms with Gasteiger partial charge in [-0.1, -0.05) is 28.1 Å². The zero-order chi connectivity index (χ0) is 14.7. The molecule has 0 aromatic heterocycles. The third-order valence-corrected chi connectivity index (χ3v) is 4.84. The van der Waals surface area contributed by atoms with Crippen molar-refractivity contribution < 1.29 is 8.78 Å². The quantitative estimate of drug-likeness (QED) is 0.786. The summed E-state index contributed by atoms with van der Waals surface area (Å²) < 4.78 is 27.6. The Morgan fingerprint density at radius 1 is 1.15 bits per heavy atom. The summed E-state index contributed by atoms with van der Waals surface area (Å²) in [7, 11) is 0. The third kappa shape index (κ3) is 3.81. The molecule has 0 heterocycles. The van der Waals surface area contributed by atoms with Crippen LogP contribution in [0.25, 0.3) is 0 Å². The Morgan fingerprint density at radius 2 is 1.90 bits per heavy atom. The van der Waals surface area contributed by atoms with E-state index in [0.717, 1.165) is 16.1 Å². The molecule has 2 N–H and O–H groups in total. The molecule has 5 heteroatoms. The molecule has 0 amide bonds. The highest BCUT2D eigenvalue weighted by atomic mass is 79.9. The van der Waals surface area contributed by atoms with E-state index in [1.807, 2.05) is 31.2 Å². The van der Waals surface area contributed by atoms with Crippen molar-refractivity contribution in [1.29, 1.82) is 0 Å². The van der Waals surface area contributed by atoms with E-state index in [4.69, 9.17) is 5.73 Å². The second-order valence-corrected chi connectivity index (χ2v) is 6.63. The molecule has 0 radical (unpaired) electrons. The fourth-order valence-corrected chi connectivity index (χ4v) is 3.38. The molecule has 0 spiro atoms. The van der Waals surface area contributed by atoms with Gasteiger partial charge in [-0.05, 0) is 36.8 Å². The van der Waals surface area contributed by atoms with Crippen molar-refractivity contribution in [3.8, 4) is 0 Å². The molecule has 0 aliphatic carbocycles. The molecule has 2 aromatic carbocycles. The monoisotopic (exact) mass is 357 g/mol. The molecule has 0 aliphatic rings. The number of hydrogen-bond acceptors (Lipinski definition) is 2. The van der Waals surface area contributed by atoms with E-state index in [1.165, 1.54) is 23.9 Å². The molecular weight excluding hydrogens is 344 g/mol. The van der Waals surface area contributed by atoms with E-state index in [9.17, 15) is 8.78 Å². The summed E-state index contributed by atoms with van der Waals surface area (Å²) in [5.41, 5.74) is 7.02. The minimum atomic E-state index is -0.577. The molecule has 2 aromatic rings. The van der Waals surface area contributed by atoms with Gasteiger partial charge in [-0.2, -0.15) is 0 Å². The molecule has 2 atom stereocenters. The van der Waals surface area contributed by atoms with E-state index < -0.39 is 11.6 Å². The SMILES string of the molecule is CC(N)C(Sc1ccc(F)cc1F)c1cccc(Br)c1. The minimum absolute atomic E-state index is 0.104. The van der Waals surface area contributed by atoms with Crippen LogP contribution in [0.4, 0.5) is 8.78 Å². The largest absolute Gasteiger partial charge is 0.327 e. The molecule has 2 rings (SSSR count). The highest BCUT2D eigenvalue weighted by Gasteiger charge is 2.20. The molecule has 0 saturated carbocycles. The van der Waals surface area contributed by atoms with Gasteiger partial charge < -0.3 is 5.73 Å². The van der Waals surface area contributed by atoms with Crippen molar-refractivity contribution in [2.75, 3.05) is 0 Å². The predicted octanol–water partition coefficient (Wildman–Crippen LogP) is 4.91. The first-order valence-corrected chi connectivity index (χ1v) is 7.77. The van der Waals surface area contributed by atoms with Gasteiger partial charge in [0.2, 0.25) is 0 Å². The Morgan fingerprint density at radius 3 is 2.50 bits per heavy atom. The number of hydrogen-bond donors (Lipinski definition) is 1. The predicted molar refractivity (Wildman–Crippen MR) is 82.7 cm³/mol. The van der Waals surface area contributed by atoms with Crippen LogP contribution in [-0.4, -0.2) is 6.04 Å². The lowest BCUT2D eigenvalue weighted by molar-refractivity contribution is 0.565. The van der Waals surface area contributed by atoms with Gasteiger partial charge in [0.15, 0.2) is 0 Å². The number of halogens is 3. The van der Waals surface area contributed by atoms with Crippen LogP contribution in [0.5, 0.6) is 0 Å². The molecule has 0 saturated heterocycles. The molecular formula is C15H14BrF2NS. The number of thioether (sulfide) groups is 1. The van der Waals surface area contributed by atoms with Crippen molar-refractivity contribution in [3.63, 3.8) is 0 Å². The number of rotatable bonds is 4. The first-order chi connectivity index (χ1) is 9.47. The van der Waals surface area contributed by atoms with Gasteiger partial charge >= 0.3 is 0 Å². The summed E-state index contributed by atoms with van der Waals surface area (Å²) in [5.74, 6) is -1.14. The minimum Gasteiger partial charge on any atom is -0.327 e. The van der Waals surface area contributed by atoms with Crippen molar-refractivity contribution in [2.24, 2.45) is 5.73 Å². The van der Waals surface area contributed by atoms with Crippen LogP contribution in [0.2, 0.25) is 0 Å². The van der Waals surface area contributed by atoms with Crippen molar-refractivity contribution in [2.45, 2.75) is 23.1 Å². The maximum atomic E-state index is 13.8. The first kappa shape index (κ1) is 15.5. The van der Waals surface area contributed by atoms with E-state index in [-0.39, 0.29) is 11.3 Å². The molecule has 106 valence electrons. The summed E-state index contributed by atoms with van der Waals surface area (Å²) in [5, 5.41) is -0.104. The second-order valence-electron chi connectivity index (χ2n) is 4.53. The topological polar surface area (TPSA) is 26.0 Å². The maximum absolute atomic E-state index is 13.8. The lowest BCUT2D eigenvalue weighted by Crippen LogP contribution is -2.22. The molecule has 0 fully saturated rings. The van der Waals surface area contributed by atoms with Crippen LogP contribution in [-0.2, 0) is 0 Å². The second kappa shape index (κ2) is 6.70. The van der Waals surface area contributed by atoms with Crippen LogP contribution in [0.3, 0.4) is 0 Å². The summed E-state index contributed by atoms with van der Waals surface area (Å²) >= 11 is 4.72. The smallest absolute Gasteiger partial charge is 0.139 e. The van der Waals surface area contributed by atoms with Gasteiger partial charge in [-0.3, -0.25) is 0 Å². The van der Waals surface area contributed by atoms with Crippen LogP contribution < -0.4 is 5.73 Å². The fraction of sp³-hybridized carbons (Fsp3) is 0.200. The summed E-state index contributed by atoms with van der Waals surface area (Å²) in [6.45, 7) is 1.87. The van der Waals surface area contributed by atoms with Crippen molar-refractivity contribution in [3.05, 3.63) is 64.1 Å². The Kier molecular flexibility index (Phi) is 5.18. The molecule has 2 unspecified atom stereocenters. The lowest BCUT2D eigenvalue weighted by atomic mass is 10.1. The Hall–Kier alpha value is -0.910. The Bertz CT molecular complexity index is 604. The van der Waals surface area contributed by atoms with Crippen LogP contribution in [0.15, 0.2) is 51.8 Å². The fourth-order valence-electron chi connectivity index (χ4n) is 1.87. The first-order valence-electron chi connectivity index (χ1n) is 6.10. The molecule has 1 nitrogen and oxygen atoms in total. The number of benzene rings is 2. The van der Waals surface area contributed by atoms with Gasteiger partial charge in [0, 0.05) is 26.7 Å². The average molecular weight is 358 g/mol. The van der Waals surface area contributed by atoms with E-state index >= 15 is 0 Å². The highest BCUT2D eigenvalue weighted by molar-refractivity contribution is 9.10. The summed E-state index contributed by atoms with van der Waals surface area (Å²) in [6.07, 6.45) is 0. The highest BCUT2D eigenvalue weighted by Crippen LogP contribution is 2.39. The van der Waals surface area contributed by atoms with E-state index in [0.29, 0.717) is 4.90 Å². The van der Waals surface area contributed by atoms with E-state index in [2.05, 4.69) is 15.9 Å². The maximum Gasteiger partial charge on any atom is 0.139 e. The standard InChI is InChI=1S/C15H14BrF2NS/c1-9(19)15(10-3-2-4-11(16)7-10)20-14-6-5-12(17)8-13(14)18/h2-9,15H,19H2,1H3. The van der Waals surface area contributed by atoms with Gasteiger partial charge in [0.05, 0.1) is 0 Å². The van der Waals surface area contributed by atoms with E-state index in [1.54, 1.807) is 0 Å². The summed E-state index contributed by atoms with van der Waals surface area (Å²) in [6, 6.07) is 11.2. The zero-order valence-corrected chi connectivity index (χ0v) is 13.2. The Labute approximate surface area is 129 Å². The molecule has 0 bridgehead atoms. The molecule has 0 aliphatic heterocycles. The van der Waals surface area contributed by atoms with Crippen LogP contribution in [0, 0.1) is 11.6 Å². The van der Waals surface area contributed by atoms with Crippen LogP contribution in [0.1, 0.15) is 17.7 Å². The normalized spacial score (nSPS) is 14.1. The zero-order valence-electron chi connectivity index (χ0n) is 10.8. The molecule has 20 heavy (non-hydrogen) atoms. The number of nitrogens with two attached hydrogens (primary N) is 1. The van der Waals surface area contributed by atoms with Gasteiger partial charge in [-0.25, -0.2) is 8.78 Å². The van der Waals surface area contributed by atoms with Crippen molar-refractivity contribution >= 4 is 27.7 Å². The summed E-state index contributed by atoms with van der Waals surface area (Å²) in [4.78, 5) is 0.397. The lowest BCUT2D eigenvalue weighted by Gasteiger charge is -2.21.